The molecule has 1 aromatic heterocycles. The van der Waals surface area contributed by atoms with Crippen LogP contribution in [-0.2, 0) is 0 Å². The Balaban J connectivity index is 1.71. The van der Waals surface area contributed by atoms with Gasteiger partial charge in [0.05, 0.1) is 12.7 Å². The summed E-state index contributed by atoms with van der Waals surface area (Å²) < 4.78 is 18.8. The number of halogens is 1. The molecular weight excluding hydrogens is 351 g/mol. The van der Waals surface area contributed by atoms with Gasteiger partial charge in [0, 0.05) is 5.69 Å². The zero-order valence-electron chi connectivity index (χ0n) is 14.4. The van der Waals surface area contributed by atoms with Crippen LogP contribution in [0.25, 0.3) is 0 Å². The normalized spacial score (nSPS) is 10.1. The zero-order valence-corrected chi connectivity index (χ0v) is 14.4. The van der Waals surface area contributed by atoms with E-state index in [2.05, 4.69) is 26.1 Å². The molecule has 1 heterocycles. The summed E-state index contributed by atoms with van der Waals surface area (Å²) in [4.78, 5) is 20.1. The maximum Gasteiger partial charge on any atom is 0.272 e. The molecule has 3 rings (SSSR count). The second-order valence-corrected chi connectivity index (χ2v) is 5.40. The molecule has 9 heteroatoms. The predicted molar refractivity (Wildman–Crippen MR) is 100 cm³/mol. The minimum atomic E-state index is -0.657. The lowest BCUT2D eigenvalue weighted by molar-refractivity contribution is 0.0958. The first-order valence-corrected chi connectivity index (χ1v) is 7.91. The fraction of sp³-hybridized carbons (Fsp3) is 0.0556. The monoisotopic (exact) mass is 368 g/mol. The number of anilines is 4. The number of hydrogen-bond acceptors (Lipinski definition) is 7. The van der Waals surface area contributed by atoms with Gasteiger partial charge in [-0.15, -0.1) is 0 Å². The number of nitrogens with one attached hydrogen (secondary N) is 3. The third-order valence-corrected chi connectivity index (χ3v) is 3.65. The molecule has 0 aliphatic carbocycles. The summed E-state index contributed by atoms with van der Waals surface area (Å²) in [5.74, 6) is -0.0528. The smallest absolute Gasteiger partial charge is 0.272 e. The number of nitrogens with two attached hydrogens (primary N) is 1. The van der Waals surface area contributed by atoms with E-state index < -0.39 is 11.7 Å². The lowest BCUT2D eigenvalue weighted by atomic mass is 10.2. The Hall–Kier alpha value is -3.88. The molecule has 138 valence electrons. The van der Waals surface area contributed by atoms with Crippen molar-refractivity contribution in [1.82, 2.24) is 15.4 Å². The van der Waals surface area contributed by atoms with Gasteiger partial charge in [-0.2, -0.15) is 0 Å². The third-order valence-electron chi connectivity index (χ3n) is 3.65. The average Bonchev–Trinajstić information content (AvgIpc) is 2.69. The molecule has 5 N–H and O–H groups in total. The van der Waals surface area contributed by atoms with Crippen LogP contribution in [0.2, 0.25) is 0 Å². The number of aromatic nitrogens is 2. The Morgan fingerprint density at radius 2 is 1.78 bits per heavy atom. The molecule has 3 aromatic rings. The quantitative estimate of drug-likeness (QED) is 0.495. The third kappa shape index (κ3) is 4.21. The van der Waals surface area contributed by atoms with Gasteiger partial charge in [-0.25, -0.2) is 14.4 Å². The highest BCUT2D eigenvalue weighted by Crippen LogP contribution is 2.26. The van der Waals surface area contributed by atoms with Crippen molar-refractivity contribution < 1.29 is 13.9 Å². The van der Waals surface area contributed by atoms with Gasteiger partial charge in [-0.1, -0.05) is 12.1 Å². The van der Waals surface area contributed by atoms with E-state index >= 15 is 0 Å². The Labute approximate surface area is 154 Å². The number of ether oxygens (including phenoxy) is 1. The Kier molecular flexibility index (Phi) is 5.31. The number of hydrazine groups is 1. The van der Waals surface area contributed by atoms with Crippen LogP contribution in [0.4, 0.5) is 27.4 Å². The fourth-order valence-electron chi connectivity index (χ4n) is 2.23. The van der Waals surface area contributed by atoms with E-state index in [9.17, 15) is 9.18 Å². The van der Waals surface area contributed by atoms with E-state index in [1.165, 1.54) is 24.5 Å². The first-order chi connectivity index (χ1) is 13.1. The molecule has 0 spiro atoms. The van der Waals surface area contributed by atoms with Crippen LogP contribution in [0.1, 0.15) is 10.4 Å². The van der Waals surface area contributed by atoms with E-state index in [0.29, 0.717) is 5.82 Å². The number of benzene rings is 2. The molecule has 0 bridgehead atoms. The molecule has 0 fully saturated rings. The van der Waals surface area contributed by atoms with Crippen molar-refractivity contribution in [3.8, 4) is 5.75 Å². The second-order valence-electron chi connectivity index (χ2n) is 5.40. The standard InChI is InChI=1S/C18H17FN6O2/c1-27-12-8-6-11(7-9-12)23-16-15(20)17(22-10-21-16)24-25-18(26)13-4-2-3-5-14(13)19/h2-10H,20H2,1H3,(H,25,26)(H2,21,22,23,24). The summed E-state index contributed by atoms with van der Waals surface area (Å²) in [5.41, 5.74) is 11.8. The maximum absolute atomic E-state index is 13.6. The number of nitrogen functional groups attached to an aromatic ring is 1. The summed E-state index contributed by atoms with van der Waals surface area (Å²) >= 11 is 0. The SMILES string of the molecule is COc1ccc(Nc2ncnc(NNC(=O)c3ccccc3F)c2N)cc1. The molecule has 0 radical (unpaired) electrons. The topological polar surface area (TPSA) is 114 Å². The fourth-order valence-corrected chi connectivity index (χ4v) is 2.23. The van der Waals surface area contributed by atoms with Crippen LogP contribution in [0.5, 0.6) is 5.75 Å². The van der Waals surface area contributed by atoms with Gasteiger partial charge < -0.3 is 15.8 Å². The molecular formula is C18H17FN6O2. The Morgan fingerprint density at radius 3 is 2.48 bits per heavy atom. The Morgan fingerprint density at radius 1 is 1.07 bits per heavy atom. The van der Waals surface area contributed by atoms with E-state index in [1.54, 1.807) is 37.4 Å². The number of nitrogens with zero attached hydrogens (tertiary/aromatic N) is 2. The van der Waals surface area contributed by atoms with Crippen LogP contribution < -0.4 is 26.6 Å². The van der Waals surface area contributed by atoms with Crippen LogP contribution in [0, 0.1) is 5.82 Å². The van der Waals surface area contributed by atoms with Crippen molar-refractivity contribution in [2.24, 2.45) is 0 Å². The lowest BCUT2D eigenvalue weighted by Gasteiger charge is -2.13. The van der Waals surface area contributed by atoms with Crippen LogP contribution >= 0.6 is 0 Å². The van der Waals surface area contributed by atoms with Gasteiger partial charge >= 0.3 is 0 Å². The van der Waals surface area contributed by atoms with Gasteiger partial charge in [0.15, 0.2) is 11.6 Å². The molecule has 27 heavy (non-hydrogen) atoms. The highest BCUT2D eigenvalue weighted by molar-refractivity contribution is 5.95. The van der Waals surface area contributed by atoms with Gasteiger partial charge in [0.2, 0.25) is 0 Å². The molecule has 0 aliphatic rings. The van der Waals surface area contributed by atoms with Crippen molar-refractivity contribution in [2.45, 2.75) is 0 Å². The summed E-state index contributed by atoms with van der Waals surface area (Å²) in [6.45, 7) is 0. The Bertz CT molecular complexity index is 949. The second kappa shape index (κ2) is 8.00. The summed E-state index contributed by atoms with van der Waals surface area (Å²) in [5, 5.41) is 3.05. The summed E-state index contributed by atoms with van der Waals surface area (Å²) in [7, 11) is 1.58. The van der Waals surface area contributed by atoms with Gasteiger partial charge in [-0.3, -0.25) is 15.6 Å². The summed E-state index contributed by atoms with van der Waals surface area (Å²) in [6, 6.07) is 12.8. The average molecular weight is 368 g/mol. The number of amides is 1. The van der Waals surface area contributed by atoms with Crippen molar-refractivity contribution in [2.75, 3.05) is 23.6 Å². The van der Waals surface area contributed by atoms with Gasteiger partial charge in [-0.05, 0) is 36.4 Å². The maximum atomic E-state index is 13.6. The first-order valence-electron chi connectivity index (χ1n) is 7.91. The summed E-state index contributed by atoms with van der Waals surface area (Å²) in [6.07, 6.45) is 1.28. The van der Waals surface area contributed by atoms with Crippen LogP contribution in [0.3, 0.4) is 0 Å². The van der Waals surface area contributed by atoms with E-state index in [-0.39, 0.29) is 17.1 Å². The minimum Gasteiger partial charge on any atom is -0.497 e. The number of hydrogen-bond donors (Lipinski definition) is 4. The van der Waals surface area contributed by atoms with Gasteiger partial charge in [0.1, 0.15) is 23.6 Å². The molecule has 0 atom stereocenters. The van der Waals surface area contributed by atoms with E-state index in [1.807, 2.05) is 0 Å². The largest absolute Gasteiger partial charge is 0.497 e. The molecule has 0 aliphatic heterocycles. The predicted octanol–water partition coefficient (Wildman–Crippen LogP) is 2.71. The van der Waals surface area contributed by atoms with Crippen molar-refractivity contribution in [1.29, 1.82) is 0 Å². The number of methoxy groups -OCH3 is 1. The van der Waals surface area contributed by atoms with Crippen LogP contribution in [0.15, 0.2) is 54.9 Å². The van der Waals surface area contributed by atoms with Crippen molar-refractivity contribution in [3.05, 3.63) is 66.2 Å². The number of rotatable bonds is 6. The molecule has 2 aromatic carbocycles. The van der Waals surface area contributed by atoms with Crippen molar-refractivity contribution >= 4 is 28.9 Å². The van der Waals surface area contributed by atoms with Gasteiger partial charge in [0.25, 0.3) is 5.91 Å². The first kappa shape index (κ1) is 17.9. The molecule has 1 amide bonds. The highest BCUT2D eigenvalue weighted by atomic mass is 19.1. The molecule has 0 unspecified atom stereocenters. The zero-order chi connectivity index (χ0) is 19.2. The molecule has 0 saturated heterocycles. The molecule has 8 nitrogen and oxygen atoms in total. The van der Waals surface area contributed by atoms with E-state index in [0.717, 1.165) is 11.4 Å². The number of carbonyl (C=O) groups excluding carboxylic acids is 1. The minimum absolute atomic E-state index is 0.103. The van der Waals surface area contributed by atoms with Crippen molar-refractivity contribution in [3.63, 3.8) is 0 Å². The number of carbonyl (C=O) groups is 1. The van der Waals surface area contributed by atoms with E-state index in [4.69, 9.17) is 10.5 Å². The van der Waals surface area contributed by atoms with Crippen LogP contribution in [-0.4, -0.2) is 23.0 Å². The highest BCUT2D eigenvalue weighted by Gasteiger charge is 2.13. The molecule has 0 saturated carbocycles. The lowest BCUT2D eigenvalue weighted by Crippen LogP contribution is -2.31.